The number of anilines is 1. The molecule has 0 aliphatic carbocycles. The summed E-state index contributed by atoms with van der Waals surface area (Å²) in [5.41, 5.74) is 1.01. The molecule has 2 N–H and O–H groups in total. The average Bonchev–Trinajstić information content (AvgIpc) is 3.01. The molecule has 0 radical (unpaired) electrons. The normalized spacial score (nSPS) is 10.6. The van der Waals surface area contributed by atoms with E-state index in [1.54, 1.807) is 25.1 Å². The molecule has 0 saturated carbocycles. The van der Waals surface area contributed by atoms with Gasteiger partial charge < -0.3 is 10.6 Å². The summed E-state index contributed by atoms with van der Waals surface area (Å²) in [6.45, 7) is 1.80. The Kier molecular flexibility index (Phi) is 4.29. The number of likely N-dealkylation sites (N-methyl/N-ethyl adjacent to an activating group) is 1. The van der Waals surface area contributed by atoms with Crippen molar-refractivity contribution in [1.29, 1.82) is 0 Å². The van der Waals surface area contributed by atoms with Gasteiger partial charge in [0.2, 0.25) is 5.91 Å². The second-order valence-corrected chi connectivity index (χ2v) is 5.39. The monoisotopic (exact) mass is 340 g/mol. The van der Waals surface area contributed by atoms with Gasteiger partial charge in [-0.05, 0) is 19.1 Å². The quantitative estimate of drug-likeness (QED) is 0.705. The summed E-state index contributed by atoms with van der Waals surface area (Å²) in [7, 11) is 1.52. The molecular formula is C16H16N6O3. The number of carbonyl (C=O) groups excluding carboxylic acids is 2. The Labute approximate surface area is 142 Å². The van der Waals surface area contributed by atoms with Crippen LogP contribution in [0.3, 0.4) is 0 Å². The highest BCUT2D eigenvalue weighted by molar-refractivity contribution is 6.03. The van der Waals surface area contributed by atoms with Crippen LogP contribution in [-0.2, 0) is 11.3 Å². The number of pyridine rings is 1. The maximum absolute atomic E-state index is 12.6. The van der Waals surface area contributed by atoms with E-state index < -0.39 is 11.5 Å². The lowest BCUT2D eigenvalue weighted by Crippen LogP contribution is -2.27. The minimum atomic E-state index is -0.588. The van der Waals surface area contributed by atoms with E-state index in [4.69, 9.17) is 0 Å². The highest BCUT2D eigenvalue weighted by atomic mass is 16.2. The van der Waals surface area contributed by atoms with E-state index in [0.29, 0.717) is 17.0 Å². The Morgan fingerprint density at radius 1 is 1.24 bits per heavy atom. The second kappa shape index (κ2) is 6.56. The van der Waals surface area contributed by atoms with E-state index in [-0.39, 0.29) is 18.0 Å². The first kappa shape index (κ1) is 16.4. The third-order valence-corrected chi connectivity index (χ3v) is 3.64. The van der Waals surface area contributed by atoms with Crippen LogP contribution in [0.5, 0.6) is 0 Å². The smallest absolute Gasteiger partial charge is 0.270 e. The van der Waals surface area contributed by atoms with Crippen LogP contribution in [0.15, 0.2) is 41.6 Å². The van der Waals surface area contributed by atoms with Gasteiger partial charge in [-0.25, -0.2) is 4.98 Å². The SMILES string of the molecule is CNC(=O)Cn1cc(NC(=O)c2cnc3cccc(C)n3c2=O)cn1. The standard InChI is InChI=1S/C16H16N6O3/c1-10-4-3-5-13-18-7-12(16(25)22(10)13)15(24)20-11-6-19-21(8-11)9-14(23)17-2/h3-8H,9H2,1-2H3,(H,17,23)(H,20,24). The highest BCUT2D eigenvalue weighted by Gasteiger charge is 2.15. The Morgan fingerprint density at radius 3 is 2.80 bits per heavy atom. The number of aromatic nitrogens is 4. The highest BCUT2D eigenvalue weighted by Crippen LogP contribution is 2.08. The van der Waals surface area contributed by atoms with Gasteiger partial charge in [0.1, 0.15) is 17.8 Å². The lowest BCUT2D eigenvalue weighted by atomic mass is 10.2. The summed E-state index contributed by atoms with van der Waals surface area (Å²) in [4.78, 5) is 40.4. The summed E-state index contributed by atoms with van der Waals surface area (Å²) in [6.07, 6.45) is 4.16. The van der Waals surface area contributed by atoms with Gasteiger partial charge in [0.05, 0.1) is 11.9 Å². The van der Waals surface area contributed by atoms with E-state index >= 15 is 0 Å². The van der Waals surface area contributed by atoms with E-state index in [1.165, 1.54) is 34.7 Å². The van der Waals surface area contributed by atoms with Crippen molar-refractivity contribution in [2.75, 3.05) is 12.4 Å². The molecule has 25 heavy (non-hydrogen) atoms. The van der Waals surface area contributed by atoms with Crippen molar-refractivity contribution in [3.8, 4) is 0 Å². The molecule has 3 aromatic rings. The van der Waals surface area contributed by atoms with Crippen LogP contribution in [0.2, 0.25) is 0 Å². The van der Waals surface area contributed by atoms with Crippen LogP contribution in [0, 0.1) is 6.92 Å². The predicted molar refractivity (Wildman–Crippen MR) is 90.4 cm³/mol. The zero-order valence-corrected chi connectivity index (χ0v) is 13.7. The van der Waals surface area contributed by atoms with Crippen molar-refractivity contribution in [2.45, 2.75) is 13.5 Å². The van der Waals surface area contributed by atoms with Crippen LogP contribution in [0.4, 0.5) is 5.69 Å². The first-order valence-corrected chi connectivity index (χ1v) is 7.51. The summed E-state index contributed by atoms with van der Waals surface area (Å²) in [6, 6.07) is 5.25. The topological polar surface area (TPSA) is 110 Å². The van der Waals surface area contributed by atoms with Gasteiger partial charge in [0.15, 0.2) is 0 Å². The first-order chi connectivity index (χ1) is 12.0. The fraction of sp³-hybridized carbons (Fsp3) is 0.188. The van der Waals surface area contributed by atoms with E-state index in [1.807, 2.05) is 0 Å². The molecule has 0 saturated heterocycles. The van der Waals surface area contributed by atoms with Gasteiger partial charge in [-0.15, -0.1) is 0 Å². The third kappa shape index (κ3) is 3.25. The van der Waals surface area contributed by atoms with Crippen molar-refractivity contribution in [3.05, 3.63) is 58.4 Å². The van der Waals surface area contributed by atoms with E-state index in [0.717, 1.165) is 0 Å². The van der Waals surface area contributed by atoms with Crippen LogP contribution in [-0.4, -0.2) is 38.0 Å². The summed E-state index contributed by atoms with van der Waals surface area (Å²) >= 11 is 0. The number of fused-ring (bicyclic) bond motifs is 1. The summed E-state index contributed by atoms with van der Waals surface area (Å²) in [5.74, 6) is -0.803. The molecule has 9 nitrogen and oxygen atoms in total. The average molecular weight is 340 g/mol. The molecule has 0 spiro atoms. The first-order valence-electron chi connectivity index (χ1n) is 7.51. The molecule has 0 atom stereocenters. The Balaban J connectivity index is 1.86. The lowest BCUT2D eigenvalue weighted by Gasteiger charge is -2.06. The molecular weight excluding hydrogens is 324 g/mol. The van der Waals surface area contributed by atoms with Crippen molar-refractivity contribution >= 4 is 23.1 Å². The number of nitrogens with one attached hydrogen (secondary N) is 2. The number of amides is 2. The molecule has 0 fully saturated rings. The Bertz CT molecular complexity index is 1020. The molecule has 0 bridgehead atoms. The van der Waals surface area contributed by atoms with Gasteiger partial charge in [-0.1, -0.05) is 6.07 Å². The molecule has 0 aliphatic heterocycles. The lowest BCUT2D eigenvalue weighted by molar-refractivity contribution is -0.121. The number of rotatable bonds is 4. The molecule has 3 aromatic heterocycles. The van der Waals surface area contributed by atoms with E-state index in [9.17, 15) is 14.4 Å². The number of carbonyl (C=O) groups is 2. The van der Waals surface area contributed by atoms with E-state index in [2.05, 4.69) is 20.7 Å². The maximum Gasteiger partial charge on any atom is 0.270 e. The van der Waals surface area contributed by atoms with Crippen LogP contribution in [0.1, 0.15) is 16.1 Å². The molecule has 0 aliphatic rings. The summed E-state index contributed by atoms with van der Waals surface area (Å²) in [5, 5.41) is 9.05. The van der Waals surface area contributed by atoms with Crippen LogP contribution in [0.25, 0.3) is 5.65 Å². The van der Waals surface area contributed by atoms with Crippen molar-refractivity contribution in [2.24, 2.45) is 0 Å². The maximum atomic E-state index is 12.6. The van der Waals surface area contributed by atoms with Crippen molar-refractivity contribution in [3.63, 3.8) is 0 Å². The molecule has 128 valence electrons. The fourth-order valence-electron chi connectivity index (χ4n) is 2.37. The molecule has 3 rings (SSSR count). The van der Waals surface area contributed by atoms with Crippen LogP contribution < -0.4 is 16.2 Å². The number of hydrogen-bond acceptors (Lipinski definition) is 5. The van der Waals surface area contributed by atoms with Gasteiger partial charge in [0, 0.05) is 25.1 Å². The summed E-state index contributed by atoms with van der Waals surface area (Å²) < 4.78 is 2.76. The largest absolute Gasteiger partial charge is 0.358 e. The zero-order valence-electron chi connectivity index (χ0n) is 13.7. The molecule has 0 aromatic carbocycles. The molecule has 3 heterocycles. The van der Waals surface area contributed by atoms with Gasteiger partial charge >= 0.3 is 0 Å². The minimum Gasteiger partial charge on any atom is -0.358 e. The zero-order chi connectivity index (χ0) is 18.0. The number of nitrogens with zero attached hydrogens (tertiary/aromatic N) is 4. The third-order valence-electron chi connectivity index (χ3n) is 3.64. The van der Waals surface area contributed by atoms with Crippen molar-refractivity contribution in [1.82, 2.24) is 24.5 Å². The second-order valence-electron chi connectivity index (χ2n) is 5.39. The number of hydrogen-bond donors (Lipinski definition) is 2. The van der Waals surface area contributed by atoms with Crippen LogP contribution >= 0.6 is 0 Å². The minimum absolute atomic E-state index is 0.0335. The Hall–Kier alpha value is -3.49. The molecule has 2 amide bonds. The Morgan fingerprint density at radius 2 is 2.04 bits per heavy atom. The van der Waals surface area contributed by atoms with Gasteiger partial charge in [-0.2, -0.15) is 5.10 Å². The van der Waals surface area contributed by atoms with Gasteiger partial charge in [0.25, 0.3) is 11.5 Å². The van der Waals surface area contributed by atoms with Crippen molar-refractivity contribution < 1.29 is 9.59 Å². The molecule has 9 heteroatoms. The van der Waals surface area contributed by atoms with Gasteiger partial charge in [-0.3, -0.25) is 23.5 Å². The number of aryl methyl sites for hydroxylation is 1. The predicted octanol–water partition coefficient (Wildman–Crippen LogP) is 0.198. The fourth-order valence-corrected chi connectivity index (χ4v) is 2.37. The molecule has 0 unspecified atom stereocenters.